The van der Waals surface area contributed by atoms with Gasteiger partial charge in [-0.3, -0.25) is 0 Å². The zero-order chi connectivity index (χ0) is 14.0. The Bertz CT molecular complexity index is 607. The molecule has 0 atom stereocenters. The third-order valence-corrected chi connectivity index (χ3v) is 4.00. The minimum Gasteiger partial charge on any atom is -0.478 e. The summed E-state index contributed by atoms with van der Waals surface area (Å²) in [6.07, 6.45) is 0. The van der Waals surface area contributed by atoms with Gasteiger partial charge in [-0.25, -0.2) is 9.78 Å². The van der Waals surface area contributed by atoms with Gasteiger partial charge in [0.25, 0.3) is 0 Å². The van der Waals surface area contributed by atoms with Crippen LogP contribution in [0.5, 0.6) is 0 Å². The Kier molecular flexibility index (Phi) is 3.85. The number of hydrogen-bond donors (Lipinski definition) is 1. The topological polar surface area (TPSA) is 53.4 Å². The van der Waals surface area contributed by atoms with E-state index in [0.29, 0.717) is 5.56 Å². The quantitative estimate of drug-likeness (QED) is 0.932. The monoisotopic (exact) mass is 276 g/mol. The Labute approximate surface area is 116 Å². The largest absolute Gasteiger partial charge is 0.478 e. The minimum absolute atomic E-state index is 0.323. The van der Waals surface area contributed by atoms with Gasteiger partial charge in [-0.1, -0.05) is 0 Å². The van der Waals surface area contributed by atoms with Gasteiger partial charge >= 0.3 is 5.97 Å². The Hall–Kier alpha value is -1.88. The van der Waals surface area contributed by atoms with Gasteiger partial charge in [-0.05, 0) is 37.6 Å². The lowest BCUT2D eigenvalue weighted by atomic mass is 10.1. The molecule has 5 heteroatoms. The first-order chi connectivity index (χ1) is 8.99. The highest BCUT2D eigenvalue weighted by Crippen LogP contribution is 2.24. The van der Waals surface area contributed by atoms with Crippen molar-refractivity contribution < 1.29 is 9.90 Å². The van der Waals surface area contributed by atoms with Crippen molar-refractivity contribution in [3.8, 4) is 0 Å². The molecule has 0 bridgehead atoms. The average molecular weight is 276 g/mol. The van der Waals surface area contributed by atoms with Crippen LogP contribution in [0, 0.1) is 13.8 Å². The first-order valence-electron chi connectivity index (χ1n) is 5.93. The van der Waals surface area contributed by atoms with Crippen LogP contribution < -0.4 is 4.90 Å². The van der Waals surface area contributed by atoms with Crippen molar-refractivity contribution in [2.24, 2.45) is 0 Å². The van der Waals surface area contributed by atoms with E-state index in [2.05, 4.69) is 9.88 Å². The Morgan fingerprint density at radius 1 is 1.42 bits per heavy atom. The number of nitrogens with zero attached hydrogens (tertiary/aromatic N) is 2. The van der Waals surface area contributed by atoms with Crippen LogP contribution in [-0.2, 0) is 6.54 Å². The molecule has 1 aromatic heterocycles. The van der Waals surface area contributed by atoms with Crippen LogP contribution in [0.15, 0.2) is 23.7 Å². The summed E-state index contributed by atoms with van der Waals surface area (Å²) >= 11 is 1.64. The lowest BCUT2D eigenvalue weighted by molar-refractivity contribution is 0.0697. The van der Waals surface area contributed by atoms with Gasteiger partial charge in [-0.2, -0.15) is 0 Å². The number of aromatic nitrogens is 1. The average Bonchev–Trinajstić information content (AvgIpc) is 2.74. The fraction of sp³-hybridized carbons (Fsp3) is 0.286. The summed E-state index contributed by atoms with van der Waals surface area (Å²) in [5, 5.41) is 8.96. The van der Waals surface area contributed by atoms with Gasteiger partial charge < -0.3 is 10.0 Å². The molecular weight excluding hydrogens is 260 g/mol. The molecule has 0 aliphatic heterocycles. The molecule has 0 amide bonds. The number of carbonyl (C=O) groups is 1. The second kappa shape index (κ2) is 5.40. The lowest BCUT2D eigenvalue weighted by Crippen LogP contribution is -2.17. The highest BCUT2D eigenvalue weighted by atomic mass is 32.1. The molecule has 0 aliphatic rings. The number of aromatic carboxylic acids is 1. The van der Waals surface area contributed by atoms with Crippen molar-refractivity contribution in [2.75, 3.05) is 11.9 Å². The van der Waals surface area contributed by atoms with Gasteiger partial charge in [0.05, 0.1) is 23.3 Å². The van der Waals surface area contributed by atoms with Crippen molar-refractivity contribution in [1.82, 2.24) is 4.98 Å². The van der Waals surface area contributed by atoms with E-state index >= 15 is 0 Å². The van der Waals surface area contributed by atoms with E-state index in [1.165, 1.54) is 4.88 Å². The summed E-state index contributed by atoms with van der Waals surface area (Å²) in [6, 6.07) is 5.20. The first-order valence-corrected chi connectivity index (χ1v) is 6.81. The van der Waals surface area contributed by atoms with Crippen LogP contribution >= 0.6 is 11.3 Å². The maximum Gasteiger partial charge on any atom is 0.335 e. The van der Waals surface area contributed by atoms with Gasteiger partial charge in [-0.15, -0.1) is 11.3 Å². The van der Waals surface area contributed by atoms with E-state index in [0.717, 1.165) is 23.5 Å². The number of hydrogen-bond acceptors (Lipinski definition) is 4. The fourth-order valence-electron chi connectivity index (χ4n) is 2.00. The van der Waals surface area contributed by atoms with Crippen molar-refractivity contribution in [2.45, 2.75) is 20.4 Å². The van der Waals surface area contributed by atoms with Crippen molar-refractivity contribution >= 4 is 23.0 Å². The van der Waals surface area contributed by atoms with Crippen LogP contribution in [0.25, 0.3) is 0 Å². The van der Waals surface area contributed by atoms with Crippen LogP contribution in [0.4, 0.5) is 5.69 Å². The summed E-state index contributed by atoms with van der Waals surface area (Å²) in [5.41, 5.74) is 5.22. The SMILES string of the molecule is Cc1cc(C(=O)O)ccc1N(C)Cc1scnc1C. The molecule has 1 N–H and O–H groups in total. The minimum atomic E-state index is -0.893. The highest BCUT2D eigenvalue weighted by molar-refractivity contribution is 7.09. The third kappa shape index (κ3) is 2.93. The summed E-state index contributed by atoms with van der Waals surface area (Å²) < 4.78 is 0. The standard InChI is InChI=1S/C14H16N2O2S/c1-9-6-11(14(17)18)4-5-12(9)16(3)7-13-10(2)15-8-19-13/h4-6,8H,7H2,1-3H3,(H,17,18). The second-order valence-electron chi connectivity index (χ2n) is 4.52. The first kappa shape index (κ1) is 13.5. The molecule has 19 heavy (non-hydrogen) atoms. The summed E-state index contributed by atoms with van der Waals surface area (Å²) in [5.74, 6) is -0.893. The van der Waals surface area contributed by atoms with Gasteiger partial charge in [0, 0.05) is 17.6 Å². The van der Waals surface area contributed by atoms with E-state index in [1.54, 1.807) is 23.5 Å². The van der Waals surface area contributed by atoms with Crippen LogP contribution in [-0.4, -0.2) is 23.1 Å². The van der Waals surface area contributed by atoms with Gasteiger partial charge in [0.2, 0.25) is 0 Å². The number of carboxylic acid groups (broad SMARTS) is 1. The maximum absolute atomic E-state index is 10.9. The van der Waals surface area contributed by atoms with Crippen molar-refractivity contribution in [1.29, 1.82) is 0 Å². The van der Waals surface area contributed by atoms with E-state index in [4.69, 9.17) is 5.11 Å². The number of thiazole rings is 1. The molecule has 0 aliphatic carbocycles. The molecule has 4 nitrogen and oxygen atoms in total. The van der Waals surface area contributed by atoms with E-state index in [9.17, 15) is 4.79 Å². The van der Waals surface area contributed by atoms with E-state index in [1.807, 2.05) is 32.5 Å². The van der Waals surface area contributed by atoms with Crippen molar-refractivity contribution in [3.63, 3.8) is 0 Å². The number of carboxylic acids is 1. The smallest absolute Gasteiger partial charge is 0.335 e. The van der Waals surface area contributed by atoms with Crippen LogP contribution in [0.1, 0.15) is 26.5 Å². The molecule has 100 valence electrons. The molecule has 0 radical (unpaired) electrons. The number of benzene rings is 1. The van der Waals surface area contributed by atoms with E-state index in [-0.39, 0.29) is 0 Å². The molecule has 0 saturated carbocycles. The highest BCUT2D eigenvalue weighted by Gasteiger charge is 2.11. The lowest BCUT2D eigenvalue weighted by Gasteiger charge is -2.21. The number of rotatable bonds is 4. The molecule has 0 spiro atoms. The van der Waals surface area contributed by atoms with Gasteiger partial charge in [0.1, 0.15) is 0 Å². The zero-order valence-electron chi connectivity index (χ0n) is 11.2. The van der Waals surface area contributed by atoms with Crippen LogP contribution in [0.3, 0.4) is 0 Å². The van der Waals surface area contributed by atoms with Crippen LogP contribution in [0.2, 0.25) is 0 Å². The summed E-state index contributed by atoms with van der Waals surface area (Å²) in [4.78, 5) is 18.5. The molecule has 0 fully saturated rings. The maximum atomic E-state index is 10.9. The predicted molar refractivity (Wildman–Crippen MR) is 77.1 cm³/mol. The predicted octanol–water partition coefficient (Wildman–Crippen LogP) is 3.09. The molecule has 2 rings (SSSR count). The molecular formula is C14H16N2O2S. The molecule has 0 saturated heterocycles. The summed E-state index contributed by atoms with van der Waals surface area (Å²) in [7, 11) is 2.00. The molecule has 2 aromatic rings. The second-order valence-corrected chi connectivity index (χ2v) is 5.46. The van der Waals surface area contributed by atoms with Crippen molar-refractivity contribution in [3.05, 3.63) is 45.4 Å². The van der Waals surface area contributed by atoms with Gasteiger partial charge in [0.15, 0.2) is 0 Å². The summed E-state index contributed by atoms with van der Waals surface area (Å²) in [6.45, 7) is 4.71. The zero-order valence-corrected chi connectivity index (χ0v) is 12.0. The van der Waals surface area contributed by atoms with E-state index < -0.39 is 5.97 Å². The third-order valence-electron chi connectivity index (χ3n) is 3.08. The number of aryl methyl sites for hydroxylation is 2. The fourth-order valence-corrected chi connectivity index (χ4v) is 2.82. The molecule has 1 heterocycles. The number of anilines is 1. The Balaban J connectivity index is 2.22. The normalized spacial score (nSPS) is 10.5. The molecule has 1 aromatic carbocycles. The Morgan fingerprint density at radius 2 is 2.16 bits per heavy atom. The molecule has 0 unspecified atom stereocenters. The Morgan fingerprint density at radius 3 is 2.68 bits per heavy atom.